The molecule has 1 saturated heterocycles. The molecule has 1 aromatic heterocycles. The van der Waals surface area contributed by atoms with Crippen LogP contribution < -0.4 is 10.6 Å². The van der Waals surface area contributed by atoms with Crippen molar-refractivity contribution in [3.8, 4) is 0 Å². The van der Waals surface area contributed by atoms with Crippen LogP contribution in [0.1, 0.15) is 32.1 Å². The number of aromatic nitrogens is 1. The van der Waals surface area contributed by atoms with Crippen LogP contribution in [0, 0.1) is 0 Å². The number of rotatable bonds is 8. The molecule has 1 fully saturated rings. The summed E-state index contributed by atoms with van der Waals surface area (Å²) in [6, 6.07) is 6.15. The first-order valence-corrected chi connectivity index (χ1v) is 7.98. The lowest BCUT2D eigenvalue weighted by molar-refractivity contribution is 0.251. The van der Waals surface area contributed by atoms with Gasteiger partial charge in [-0.25, -0.2) is 4.98 Å². The van der Waals surface area contributed by atoms with Gasteiger partial charge in [-0.2, -0.15) is 0 Å². The van der Waals surface area contributed by atoms with Gasteiger partial charge in [-0.3, -0.25) is 4.90 Å². The predicted octanol–water partition coefficient (Wildman–Crippen LogP) is 2.11. The normalized spacial score (nSPS) is 16.6. The molecular formula is C16H28N4. The van der Waals surface area contributed by atoms with Gasteiger partial charge in [-0.05, 0) is 38.1 Å². The maximum atomic E-state index is 5.50. The summed E-state index contributed by atoms with van der Waals surface area (Å²) in [6.07, 6.45) is 8.37. The van der Waals surface area contributed by atoms with Gasteiger partial charge in [0.1, 0.15) is 5.82 Å². The van der Waals surface area contributed by atoms with Crippen molar-refractivity contribution in [3.63, 3.8) is 0 Å². The maximum Gasteiger partial charge on any atom is 0.128 e. The van der Waals surface area contributed by atoms with Gasteiger partial charge in [-0.15, -0.1) is 0 Å². The van der Waals surface area contributed by atoms with Crippen LogP contribution in [0.3, 0.4) is 0 Å². The molecule has 0 spiro atoms. The minimum Gasteiger partial charge on any atom is -0.354 e. The number of hydrogen-bond donors (Lipinski definition) is 1. The van der Waals surface area contributed by atoms with Crippen LogP contribution in [0.5, 0.6) is 0 Å². The number of hydrogen-bond acceptors (Lipinski definition) is 4. The Morgan fingerprint density at radius 2 is 1.70 bits per heavy atom. The smallest absolute Gasteiger partial charge is 0.128 e. The second-order valence-corrected chi connectivity index (χ2v) is 5.57. The average molecular weight is 276 g/mol. The summed E-state index contributed by atoms with van der Waals surface area (Å²) in [7, 11) is 0. The zero-order chi connectivity index (χ0) is 14.0. The van der Waals surface area contributed by atoms with Crippen molar-refractivity contribution in [1.29, 1.82) is 0 Å². The second kappa shape index (κ2) is 8.93. The maximum absolute atomic E-state index is 5.50. The minimum absolute atomic E-state index is 0.843. The topological polar surface area (TPSA) is 45.4 Å². The van der Waals surface area contributed by atoms with E-state index in [1.807, 2.05) is 12.3 Å². The molecule has 0 radical (unpaired) electrons. The Bertz CT molecular complexity index is 347. The average Bonchev–Trinajstić information content (AvgIpc) is 2.52. The van der Waals surface area contributed by atoms with E-state index in [9.17, 15) is 0 Å². The zero-order valence-corrected chi connectivity index (χ0v) is 12.5. The fraction of sp³-hybridized carbons (Fsp3) is 0.688. The number of nitrogens with two attached hydrogens (primary N) is 1. The Balaban J connectivity index is 1.58. The fourth-order valence-electron chi connectivity index (χ4n) is 2.75. The minimum atomic E-state index is 0.843. The van der Waals surface area contributed by atoms with Crippen molar-refractivity contribution in [2.24, 2.45) is 5.73 Å². The van der Waals surface area contributed by atoms with Crippen molar-refractivity contribution in [3.05, 3.63) is 24.4 Å². The molecule has 2 rings (SSSR count). The lowest BCUT2D eigenvalue weighted by Crippen LogP contribution is -2.46. The third-order valence-electron chi connectivity index (χ3n) is 4.02. The molecular weight excluding hydrogens is 248 g/mol. The Morgan fingerprint density at radius 1 is 0.950 bits per heavy atom. The number of pyridine rings is 1. The molecule has 0 saturated carbocycles. The molecule has 4 heteroatoms. The highest BCUT2D eigenvalue weighted by Gasteiger charge is 2.16. The fourth-order valence-corrected chi connectivity index (χ4v) is 2.75. The van der Waals surface area contributed by atoms with E-state index in [0.29, 0.717) is 0 Å². The van der Waals surface area contributed by atoms with Gasteiger partial charge >= 0.3 is 0 Å². The van der Waals surface area contributed by atoms with Crippen LogP contribution in [0.15, 0.2) is 24.4 Å². The van der Waals surface area contributed by atoms with Crippen LogP contribution in [-0.2, 0) is 0 Å². The monoisotopic (exact) mass is 276 g/mol. The second-order valence-electron chi connectivity index (χ2n) is 5.57. The van der Waals surface area contributed by atoms with Gasteiger partial charge in [0.25, 0.3) is 0 Å². The van der Waals surface area contributed by atoms with Crippen molar-refractivity contribution >= 4 is 5.82 Å². The molecule has 0 unspecified atom stereocenters. The van der Waals surface area contributed by atoms with Gasteiger partial charge < -0.3 is 10.6 Å². The van der Waals surface area contributed by atoms with Gasteiger partial charge in [0.15, 0.2) is 0 Å². The van der Waals surface area contributed by atoms with E-state index in [2.05, 4.69) is 26.9 Å². The number of anilines is 1. The third kappa shape index (κ3) is 5.10. The zero-order valence-electron chi connectivity index (χ0n) is 12.5. The van der Waals surface area contributed by atoms with Crippen molar-refractivity contribution < 1.29 is 0 Å². The summed E-state index contributed by atoms with van der Waals surface area (Å²) >= 11 is 0. The van der Waals surface area contributed by atoms with Crippen LogP contribution in [0.2, 0.25) is 0 Å². The quantitative estimate of drug-likeness (QED) is 0.739. The first-order chi connectivity index (χ1) is 9.90. The number of nitrogens with zero attached hydrogens (tertiary/aromatic N) is 3. The summed E-state index contributed by atoms with van der Waals surface area (Å²) in [5.74, 6) is 1.12. The van der Waals surface area contributed by atoms with Gasteiger partial charge in [0.05, 0.1) is 0 Å². The van der Waals surface area contributed by atoms with E-state index in [0.717, 1.165) is 25.5 Å². The van der Waals surface area contributed by atoms with Crippen molar-refractivity contribution in [2.45, 2.75) is 32.1 Å². The largest absolute Gasteiger partial charge is 0.354 e. The molecule has 2 N–H and O–H groups in total. The van der Waals surface area contributed by atoms with Crippen molar-refractivity contribution in [2.75, 3.05) is 44.2 Å². The highest BCUT2D eigenvalue weighted by Crippen LogP contribution is 2.13. The predicted molar refractivity (Wildman–Crippen MR) is 85.0 cm³/mol. The Kier molecular flexibility index (Phi) is 6.81. The van der Waals surface area contributed by atoms with Crippen LogP contribution in [0.4, 0.5) is 5.82 Å². The molecule has 0 bridgehead atoms. The van der Waals surface area contributed by atoms with Gasteiger partial charge in [0.2, 0.25) is 0 Å². The molecule has 20 heavy (non-hydrogen) atoms. The van der Waals surface area contributed by atoms with E-state index < -0.39 is 0 Å². The number of piperazine rings is 1. The first kappa shape index (κ1) is 15.3. The molecule has 0 amide bonds. The molecule has 1 aromatic rings. The highest BCUT2D eigenvalue weighted by molar-refractivity contribution is 5.38. The molecule has 0 aliphatic carbocycles. The van der Waals surface area contributed by atoms with E-state index in [1.54, 1.807) is 0 Å². The van der Waals surface area contributed by atoms with Gasteiger partial charge in [-0.1, -0.05) is 25.3 Å². The molecule has 2 heterocycles. The molecule has 4 nitrogen and oxygen atoms in total. The molecule has 0 aromatic carbocycles. The Hall–Kier alpha value is -1.13. The van der Waals surface area contributed by atoms with Crippen molar-refractivity contribution in [1.82, 2.24) is 9.88 Å². The molecule has 1 aliphatic heterocycles. The van der Waals surface area contributed by atoms with E-state index >= 15 is 0 Å². The lowest BCUT2D eigenvalue weighted by atomic mass is 10.1. The molecule has 1 aliphatic rings. The first-order valence-electron chi connectivity index (χ1n) is 7.98. The van der Waals surface area contributed by atoms with Crippen LogP contribution >= 0.6 is 0 Å². The summed E-state index contributed by atoms with van der Waals surface area (Å²) < 4.78 is 0. The van der Waals surface area contributed by atoms with E-state index in [4.69, 9.17) is 5.73 Å². The standard InChI is InChI=1S/C16H28N4/c17-9-5-2-1-3-7-11-19-12-14-20(15-13-19)16-8-4-6-10-18-16/h4,6,8,10H,1-3,5,7,9,11-15,17H2. The molecule has 112 valence electrons. The number of unbranched alkanes of at least 4 members (excludes halogenated alkanes) is 4. The van der Waals surface area contributed by atoms with Gasteiger partial charge in [0, 0.05) is 32.4 Å². The summed E-state index contributed by atoms with van der Waals surface area (Å²) in [5.41, 5.74) is 5.50. The Labute approximate surface area is 123 Å². The SMILES string of the molecule is NCCCCCCCN1CCN(c2ccccn2)CC1. The van der Waals surface area contributed by atoms with Crippen LogP contribution in [0.25, 0.3) is 0 Å². The third-order valence-corrected chi connectivity index (χ3v) is 4.02. The van der Waals surface area contributed by atoms with E-state index in [-0.39, 0.29) is 0 Å². The lowest BCUT2D eigenvalue weighted by Gasteiger charge is -2.35. The van der Waals surface area contributed by atoms with Crippen LogP contribution in [-0.4, -0.2) is 49.2 Å². The highest BCUT2D eigenvalue weighted by atomic mass is 15.3. The van der Waals surface area contributed by atoms with E-state index in [1.165, 1.54) is 51.7 Å². The Morgan fingerprint density at radius 3 is 2.40 bits per heavy atom. The summed E-state index contributed by atoms with van der Waals surface area (Å²) in [5, 5.41) is 0. The summed E-state index contributed by atoms with van der Waals surface area (Å²) in [4.78, 5) is 9.40. The summed E-state index contributed by atoms with van der Waals surface area (Å²) in [6.45, 7) is 6.63. The molecule has 0 atom stereocenters.